The van der Waals surface area contributed by atoms with E-state index in [1.54, 1.807) is 0 Å². The van der Waals surface area contributed by atoms with Crippen LogP contribution in [0, 0.1) is 0 Å². The van der Waals surface area contributed by atoms with E-state index in [2.05, 4.69) is 37.9 Å². The second kappa shape index (κ2) is 6.40. The first-order valence-corrected chi connectivity index (χ1v) is 4.65. The van der Waals surface area contributed by atoms with Gasteiger partial charge in [-0.3, -0.25) is 0 Å². The molecule has 0 aliphatic carbocycles. The molecule has 0 heterocycles. The van der Waals surface area contributed by atoms with Crippen LogP contribution in [0.15, 0.2) is 0 Å². The summed E-state index contributed by atoms with van der Waals surface area (Å²) < 4.78 is 0. The highest BCUT2D eigenvalue weighted by Crippen LogP contribution is 1.90. The molecule has 2 N–H and O–H groups in total. The second-order valence-corrected chi connectivity index (χ2v) is 3.73. The van der Waals surface area contributed by atoms with Gasteiger partial charge >= 0.3 is 0 Å². The molecule has 74 valence electrons. The van der Waals surface area contributed by atoms with E-state index < -0.39 is 0 Å². The Balaban J connectivity index is 3.39. The van der Waals surface area contributed by atoms with Gasteiger partial charge in [0.05, 0.1) is 0 Å². The van der Waals surface area contributed by atoms with E-state index in [1.807, 2.05) is 0 Å². The third-order valence-corrected chi connectivity index (χ3v) is 2.00. The number of hydrogen-bond donors (Lipinski definition) is 1. The van der Waals surface area contributed by atoms with Crippen molar-refractivity contribution in [2.45, 2.75) is 19.4 Å². The number of hydrogen-bond acceptors (Lipinski definition) is 3. The molecule has 0 spiro atoms. The van der Waals surface area contributed by atoms with Crippen molar-refractivity contribution in [3.63, 3.8) is 0 Å². The lowest BCUT2D eigenvalue weighted by molar-refractivity contribution is 0.267. The fourth-order valence-electron chi connectivity index (χ4n) is 0.991. The summed E-state index contributed by atoms with van der Waals surface area (Å²) in [6, 6.07) is 0.331. The molecule has 0 aromatic heterocycles. The Morgan fingerprint density at radius 3 is 2.17 bits per heavy atom. The van der Waals surface area contributed by atoms with Crippen molar-refractivity contribution in [1.29, 1.82) is 0 Å². The molecule has 0 aromatic rings. The lowest BCUT2D eigenvalue weighted by Crippen LogP contribution is -2.37. The van der Waals surface area contributed by atoms with Crippen LogP contribution in [0.2, 0.25) is 0 Å². The van der Waals surface area contributed by atoms with Gasteiger partial charge in [0.1, 0.15) is 0 Å². The maximum absolute atomic E-state index is 5.82. The molecular weight excluding hydrogens is 150 g/mol. The largest absolute Gasteiger partial charge is 0.327 e. The topological polar surface area (TPSA) is 32.5 Å². The summed E-state index contributed by atoms with van der Waals surface area (Å²) in [5.41, 5.74) is 5.82. The zero-order chi connectivity index (χ0) is 9.56. The summed E-state index contributed by atoms with van der Waals surface area (Å²) in [4.78, 5) is 4.47. The van der Waals surface area contributed by atoms with Crippen molar-refractivity contribution in [1.82, 2.24) is 9.80 Å². The van der Waals surface area contributed by atoms with Gasteiger partial charge in [0.2, 0.25) is 0 Å². The third-order valence-electron chi connectivity index (χ3n) is 2.00. The second-order valence-electron chi connectivity index (χ2n) is 3.73. The van der Waals surface area contributed by atoms with Crippen LogP contribution in [0.1, 0.15) is 13.3 Å². The summed E-state index contributed by atoms with van der Waals surface area (Å²) in [5.74, 6) is 0. The number of likely N-dealkylation sites (N-methyl/N-ethyl adjacent to an activating group) is 2. The minimum Gasteiger partial charge on any atom is -0.327 e. The highest BCUT2D eigenvalue weighted by Gasteiger charge is 2.03. The Morgan fingerprint density at radius 2 is 1.75 bits per heavy atom. The van der Waals surface area contributed by atoms with E-state index in [1.165, 1.54) is 0 Å². The Morgan fingerprint density at radius 1 is 1.17 bits per heavy atom. The fourth-order valence-corrected chi connectivity index (χ4v) is 0.991. The molecule has 0 aliphatic heterocycles. The molecule has 0 rings (SSSR count). The quantitative estimate of drug-likeness (QED) is 0.623. The van der Waals surface area contributed by atoms with E-state index >= 15 is 0 Å². The number of nitrogens with two attached hydrogens (primary N) is 1. The van der Waals surface area contributed by atoms with Gasteiger partial charge in [0.25, 0.3) is 0 Å². The van der Waals surface area contributed by atoms with Gasteiger partial charge in [-0.05, 0) is 27.6 Å². The van der Waals surface area contributed by atoms with Gasteiger partial charge in [0, 0.05) is 25.7 Å². The van der Waals surface area contributed by atoms with Crippen LogP contribution in [0.4, 0.5) is 0 Å². The maximum atomic E-state index is 5.82. The van der Waals surface area contributed by atoms with Gasteiger partial charge in [-0.1, -0.05) is 6.92 Å². The van der Waals surface area contributed by atoms with Gasteiger partial charge in [-0.25, -0.2) is 0 Å². The van der Waals surface area contributed by atoms with Crippen LogP contribution in [0.5, 0.6) is 0 Å². The lowest BCUT2D eigenvalue weighted by Gasteiger charge is -2.21. The fraction of sp³-hybridized carbons (Fsp3) is 1.00. The SMILES string of the molecule is CCC(N)CN(C)CCN(C)C. The highest BCUT2D eigenvalue weighted by atomic mass is 15.2. The molecule has 0 fully saturated rings. The molecule has 3 nitrogen and oxygen atoms in total. The molecule has 0 amide bonds. The molecular formula is C9H23N3. The van der Waals surface area contributed by atoms with Gasteiger partial charge in [0.15, 0.2) is 0 Å². The van der Waals surface area contributed by atoms with Crippen molar-refractivity contribution in [2.75, 3.05) is 40.8 Å². The van der Waals surface area contributed by atoms with E-state index in [4.69, 9.17) is 5.73 Å². The highest BCUT2D eigenvalue weighted by molar-refractivity contribution is 4.64. The summed E-state index contributed by atoms with van der Waals surface area (Å²) in [6.45, 7) is 5.34. The minimum absolute atomic E-state index is 0.331. The van der Waals surface area contributed by atoms with Crippen LogP contribution >= 0.6 is 0 Å². The number of rotatable bonds is 6. The molecule has 1 unspecified atom stereocenters. The Bertz CT molecular complexity index is 104. The molecule has 0 radical (unpaired) electrons. The lowest BCUT2D eigenvalue weighted by atomic mass is 10.2. The van der Waals surface area contributed by atoms with E-state index in [0.717, 1.165) is 26.1 Å². The first-order valence-electron chi connectivity index (χ1n) is 4.65. The zero-order valence-electron chi connectivity index (χ0n) is 8.88. The predicted molar refractivity (Wildman–Crippen MR) is 54.3 cm³/mol. The van der Waals surface area contributed by atoms with Gasteiger partial charge < -0.3 is 15.5 Å². The molecule has 12 heavy (non-hydrogen) atoms. The van der Waals surface area contributed by atoms with Crippen molar-refractivity contribution >= 4 is 0 Å². The normalized spacial score (nSPS) is 14.2. The summed E-state index contributed by atoms with van der Waals surface area (Å²) in [7, 11) is 6.31. The summed E-state index contributed by atoms with van der Waals surface area (Å²) >= 11 is 0. The molecule has 0 saturated heterocycles. The zero-order valence-corrected chi connectivity index (χ0v) is 8.88. The molecule has 0 saturated carbocycles. The van der Waals surface area contributed by atoms with Crippen molar-refractivity contribution in [3.05, 3.63) is 0 Å². The van der Waals surface area contributed by atoms with E-state index in [-0.39, 0.29) is 0 Å². The van der Waals surface area contributed by atoms with Crippen LogP contribution < -0.4 is 5.73 Å². The Hall–Kier alpha value is -0.120. The Labute approximate surface area is 76.5 Å². The molecule has 0 aliphatic rings. The van der Waals surface area contributed by atoms with Crippen molar-refractivity contribution in [3.8, 4) is 0 Å². The molecule has 0 bridgehead atoms. The van der Waals surface area contributed by atoms with E-state index in [0.29, 0.717) is 6.04 Å². The average Bonchev–Trinajstić information content (AvgIpc) is 2.00. The van der Waals surface area contributed by atoms with Crippen molar-refractivity contribution in [2.24, 2.45) is 5.73 Å². The van der Waals surface area contributed by atoms with Crippen molar-refractivity contribution < 1.29 is 0 Å². The minimum atomic E-state index is 0.331. The standard InChI is InChI=1S/C9H23N3/c1-5-9(10)8-12(4)7-6-11(2)3/h9H,5-8,10H2,1-4H3. The van der Waals surface area contributed by atoms with Gasteiger partial charge in [-0.15, -0.1) is 0 Å². The molecule has 0 aromatic carbocycles. The molecule has 1 atom stereocenters. The predicted octanol–water partition coefficient (Wildman–Crippen LogP) is 0.217. The van der Waals surface area contributed by atoms with E-state index in [9.17, 15) is 0 Å². The Kier molecular flexibility index (Phi) is 6.34. The van der Waals surface area contributed by atoms with Crippen LogP contribution in [-0.4, -0.2) is 56.6 Å². The smallest absolute Gasteiger partial charge is 0.0165 e. The average molecular weight is 173 g/mol. The monoisotopic (exact) mass is 173 g/mol. The maximum Gasteiger partial charge on any atom is 0.0165 e. The summed E-state index contributed by atoms with van der Waals surface area (Å²) in [6.07, 6.45) is 1.06. The van der Waals surface area contributed by atoms with Crippen LogP contribution in [-0.2, 0) is 0 Å². The van der Waals surface area contributed by atoms with Crippen LogP contribution in [0.3, 0.4) is 0 Å². The van der Waals surface area contributed by atoms with Gasteiger partial charge in [-0.2, -0.15) is 0 Å². The first kappa shape index (κ1) is 11.9. The third kappa shape index (κ3) is 6.58. The first-order chi connectivity index (χ1) is 5.56. The number of nitrogens with zero attached hydrogens (tertiary/aromatic N) is 2. The molecule has 3 heteroatoms. The van der Waals surface area contributed by atoms with Crippen LogP contribution in [0.25, 0.3) is 0 Å². The summed E-state index contributed by atoms with van der Waals surface area (Å²) in [5, 5.41) is 0.